The van der Waals surface area contributed by atoms with Crippen molar-refractivity contribution in [3.63, 3.8) is 0 Å². The average molecular weight is 420 g/mol. The molecule has 0 aliphatic heterocycles. The predicted molar refractivity (Wildman–Crippen MR) is 122 cm³/mol. The highest BCUT2D eigenvalue weighted by molar-refractivity contribution is 5.73. The molecule has 0 saturated carbocycles. The van der Waals surface area contributed by atoms with Gasteiger partial charge in [-0.2, -0.15) is 0 Å². The standard InChI is InChI=1S/C26H29NO4/c1-26(2,25(28)29)14-7-8-15-31-24-18-21(20-12-9-13-22(16-20)30-3)17-23(27-24)19-10-5-4-6-11-19/h4-6,9-13,16-18H,7-8,14-15H2,1-3H3,(H,28,29). The number of methoxy groups -OCH3 is 1. The summed E-state index contributed by atoms with van der Waals surface area (Å²) in [6, 6.07) is 21.9. The molecule has 0 radical (unpaired) electrons. The van der Waals surface area contributed by atoms with Gasteiger partial charge in [0.05, 0.1) is 24.8 Å². The van der Waals surface area contributed by atoms with Crippen LogP contribution >= 0.6 is 0 Å². The van der Waals surface area contributed by atoms with Crippen molar-refractivity contribution in [3.8, 4) is 34.0 Å². The van der Waals surface area contributed by atoms with E-state index in [1.54, 1.807) is 21.0 Å². The van der Waals surface area contributed by atoms with Crippen molar-refractivity contribution in [2.24, 2.45) is 5.41 Å². The third-order valence-corrected chi connectivity index (χ3v) is 5.30. The van der Waals surface area contributed by atoms with Crippen LogP contribution in [0.4, 0.5) is 0 Å². The van der Waals surface area contributed by atoms with Crippen molar-refractivity contribution in [1.29, 1.82) is 0 Å². The maximum Gasteiger partial charge on any atom is 0.309 e. The van der Waals surface area contributed by atoms with Gasteiger partial charge in [-0.15, -0.1) is 0 Å². The highest BCUT2D eigenvalue weighted by Crippen LogP contribution is 2.31. The van der Waals surface area contributed by atoms with Gasteiger partial charge in [0.25, 0.3) is 0 Å². The lowest BCUT2D eigenvalue weighted by Crippen LogP contribution is -2.23. The van der Waals surface area contributed by atoms with Crippen LogP contribution in [-0.4, -0.2) is 29.8 Å². The van der Waals surface area contributed by atoms with Crippen LogP contribution in [0.2, 0.25) is 0 Å². The number of unbranched alkanes of at least 4 members (excludes halogenated alkanes) is 1. The van der Waals surface area contributed by atoms with E-state index in [1.807, 2.05) is 66.7 Å². The topological polar surface area (TPSA) is 68.7 Å². The Bertz CT molecular complexity index is 1010. The number of benzene rings is 2. The van der Waals surface area contributed by atoms with Crippen LogP contribution in [0.5, 0.6) is 11.6 Å². The highest BCUT2D eigenvalue weighted by Gasteiger charge is 2.26. The zero-order valence-corrected chi connectivity index (χ0v) is 18.3. The van der Waals surface area contributed by atoms with Crippen molar-refractivity contribution in [1.82, 2.24) is 4.98 Å². The van der Waals surface area contributed by atoms with Gasteiger partial charge in [-0.1, -0.05) is 42.5 Å². The number of carboxylic acids is 1. The molecule has 0 aliphatic rings. The first-order valence-electron chi connectivity index (χ1n) is 10.5. The Hall–Kier alpha value is -3.34. The zero-order chi connectivity index (χ0) is 22.3. The molecule has 0 unspecified atom stereocenters. The van der Waals surface area contributed by atoms with E-state index in [9.17, 15) is 9.90 Å². The zero-order valence-electron chi connectivity index (χ0n) is 18.3. The third kappa shape index (κ3) is 6.07. The molecule has 31 heavy (non-hydrogen) atoms. The Labute approximate surface area is 183 Å². The Kier molecular flexibility index (Phi) is 7.29. The number of pyridine rings is 1. The molecule has 1 aromatic heterocycles. The number of carbonyl (C=O) groups is 1. The van der Waals surface area contributed by atoms with Gasteiger partial charge in [0, 0.05) is 11.6 Å². The number of hydrogen-bond acceptors (Lipinski definition) is 4. The van der Waals surface area contributed by atoms with Crippen molar-refractivity contribution in [3.05, 3.63) is 66.7 Å². The fourth-order valence-corrected chi connectivity index (χ4v) is 3.26. The largest absolute Gasteiger partial charge is 0.497 e. The molecule has 0 aliphatic carbocycles. The maximum absolute atomic E-state index is 11.2. The summed E-state index contributed by atoms with van der Waals surface area (Å²) in [6.07, 6.45) is 2.15. The van der Waals surface area contributed by atoms with E-state index in [0.717, 1.165) is 41.0 Å². The van der Waals surface area contributed by atoms with Crippen molar-refractivity contribution in [2.75, 3.05) is 13.7 Å². The Morgan fingerprint density at radius 1 is 0.935 bits per heavy atom. The molecule has 3 rings (SSSR count). The van der Waals surface area contributed by atoms with Gasteiger partial charge in [0.1, 0.15) is 5.75 Å². The molecule has 0 amide bonds. The molecule has 1 heterocycles. The summed E-state index contributed by atoms with van der Waals surface area (Å²) < 4.78 is 11.3. The minimum Gasteiger partial charge on any atom is -0.497 e. The van der Waals surface area contributed by atoms with Crippen molar-refractivity contribution < 1.29 is 19.4 Å². The van der Waals surface area contributed by atoms with Gasteiger partial charge in [-0.05, 0) is 62.4 Å². The minimum absolute atomic E-state index is 0.485. The van der Waals surface area contributed by atoms with Crippen LogP contribution in [0.15, 0.2) is 66.7 Å². The molecule has 1 N–H and O–H groups in total. The number of hydrogen-bond donors (Lipinski definition) is 1. The van der Waals surface area contributed by atoms with Crippen LogP contribution in [0, 0.1) is 5.41 Å². The number of aliphatic carboxylic acids is 1. The lowest BCUT2D eigenvalue weighted by Gasteiger charge is -2.18. The third-order valence-electron chi connectivity index (χ3n) is 5.30. The van der Waals surface area contributed by atoms with Gasteiger partial charge in [0.15, 0.2) is 0 Å². The molecule has 0 bridgehead atoms. The number of aromatic nitrogens is 1. The highest BCUT2D eigenvalue weighted by atomic mass is 16.5. The lowest BCUT2D eigenvalue weighted by molar-refractivity contribution is -0.147. The van der Waals surface area contributed by atoms with E-state index in [4.69, 9.17) is 14.5 Å². The Morgan fingerprint density at radius 3 is 2.39 bits per heavy atom. The predicted octanol–water partition coefficient (Wildman–Crippen LogP) is 6.08. The van der Waals surface area contributed by atoms with Gasteiger partial charge in [0.2, 0.25) is 5.88 Å². The van der Waals surface area contributed by atoms with E-state index in [0.29, 0.717) is 18.9 Å². The first kappa shape index (κ1) is 22.3. The molecular weight excluding hydrogens is 390 g/mol. The molecule has 5 nitrogen and oxygen atoms in total. The number of rotatable bonds is 10. The quantitative estimate of drug-likeness (QED) is 0.403. The summed E-state index contributed by atoms with van der Waals surface area (Å²) in [5.41, 5.74) is 3.15. The summed E-state index contributed by atoms with van der Waals surface area (Å²) in [5.74, 6) is 0.573. The summed E-state index contributed by atoms with van der Waals surface area (Å²) in [4.78, 5) is 15.9. The van der Waals surface area contributed by atoms with Crippen LogP contribution in [0.25, 0.3) is 22.4 Å². The smallest absolute Gasteiger partial charge is 0.309 e. The number of ether oxygens (including phenoxy) is 2. The fraction of sp³-hybridized carbons (Fsp3) is 0.308. The summed E-state index contributed by atoms with van der Waals surface area (Å²) in [7, 11) is 1.65. The molecule has 0 spiro atoms. The van der Waals surface area contributed by atoms with Gasteiger partial charge in [-0.3, -0.25) is 4.79 Å². The lowest BCUT2D eigenvalue weighted by atomic mass is 9.87. The molecule has 0 fully saturated rings. The Balaban J connectivity index is 1.78. The second kappa shape index (κ2) is 10.1. The van der Waals surface area contributed by atoms with Crippen LogP contribution < -0.4 is 9.47 Å². The number of carboxylic acid groups (broad SMARTS) is 1. The van der Waals surface area contributed by atoms with Crippen LogP contribution in [0.1, 0.15) is 33.1 Å². The van der Waals surface area contributed by atoms with E-state index >= 15 is 0 Å². The first-order chi connectivity index (χ1) is 14.9. The molecule has 3 aromatic rings. The fourth-order valence-electron chi connectivity index (χ4n) is 3.26. The summed E-state index contributed by atoms with van der Waals surface area (Å²) >= 11 is 0. The maximum atomic E-state index is 11.2. The van der Waals surface area contributed by atoms with Crippen molar-refractivity contribution >= 4 is 5.97 Å². The van der Waals surface area contributed by atoms with E-state index < -0.39 is 11.4 Å². The summed E-state index contributed by atoms with van der Waals surface area (Å²) in [5, 5.41) is 9.24. The van der Waals surface area contributed by atoms with Gasteiger partial charge >= 0.3 is 5.97 Å². The van der Waals surface area contributed by atoms with Gasteiger partial charge in [-0.25, -0.2) is 4.98 Å². The van der Waals surface area contributed by atoms with Crippen molar-refractivity contribution in [2.45, 2.75) is 33.1 Å². The normalized spacial score (nSPS) is 11.2. The first-order valence-corrected chi connectivity index (χ1v) is 10.5. The second-order valence-corrected chi connectivity index (χ2v) is 8.17. The monoisotopic (exact) mass is 419 g/mol. The molecular formula is C26H29NO4. The molecule has 162 valence electrons. The molecule has 2 aromatic carbocycles. The average Bonchev–Trinajstić information content (AvgIpc) is 2.79. The Morgan fingerprint density at radius 2 is 1.68 bits per heavy atom. The van der Waals surface area contributed by atoms with E-state index in [1.165, 1.54) is 0 Å². The second-order valence-electron chi connectivity index (χ2n) is 8.17. The van der Waals surface area contributed by atoms with E-state index in [2.05, 4.69) is 0 Å². The van der Waals surface area contributed by atoms with Crippen LogP contribution in [-0.2, 0) is 4.79 Å². The minimum atomic E-state index is -0.770. The van der Waals surface area contributed by atoms with Crippen LogP contribution in [0.3, 0.4) is 0 Å². The molecule has 5 heteroatoms. The molecule has 0 atom stereocenters. The number of nitrogens with zero attached hydrogens (tertiary/aromatic N) is 1. The van der Waals surface area contributed by atoms with Gasteiger partial charge < -0.3 is 14.6 Å². The van der Waals surface area contributed by atoms with E-state index in [-0.39, 0.29) is 0 Å². The molecule has 0 saturated heterocycles. The summed E-state index contributed by atoms with van der Waals surface area (Å²) in [6.45, 7) is 3.99. The SMILES string of the molecule is COc1cccc(-c2cc(OCCCCC(C)(C)C(=O)O)nc(-c3ccccc3)c2)c1.